The van der Waals surface area contributed by atoms with E-state index in [9.17, 15) is 18.3 Å². The van der Waals surface area contributed by atoms with E-state index >= 15 is 0 Å². The Morgan fingerprint density at radius 1 is 1.33 bits per heavy atom. The highest BCUT2D eigenvalue weighted by Crippen LogP contribution is 2.26. The molecule has 112 valence electrons. The number of hydrogen-bond acceptors (Lipinski definition) is 5. The molecule has 6 nitrogen and oxygen atoms in total. The number of carboxylic acid groups (broad SMARTS) is 1. The van der Waals surface area contributed by atoms with Crippen LogP contribution in [0.4, 0.5) is 5.69 Å². The van der Waals surface area contributed by atoms with Crippen LogP contribution in [-0.4, -0.2) is 24.6 Å². The maximum atomic E-state index is 12.2. The van der Waals surface area contributed by atoms with Gasteiger partial charge in [0, 0.05) is 10.9 Å². The van der Waals surface area contributed by atoms with Gasteiger partial charge in [0.1, 0.15) is 4.88 Å². The Kier molecular flexibility index (Phi) is 4.31. The largest absolute Gasteiger partial charge is 0.477 e. The molecule has 0 saturated carbocycles. The Morgan fingerprint density at radius 2 is 2.00 bits per heavy atom. The van der Waals surface area contributed by atoms with Crippen LogP contribution in [-0.2, 0) is 10.0 Å². The number of anilines is 1. The summed E-state index contributed by atoms with van der Waals surface area (Å²) in [6, 6.07) is 7.57. The minimum Gasteiger partial charge on any atom is -0.477 e. The number of para-hydroxylation sites is 1. The van der Waals surface area contributed by atoms with Crippen LogP contribution in [0.3, 0.4) is 0 Å². The number of carbonyl (C=O) groups is 1. The predicted molar refractivity (Wildman–Crippen MR) is 79.2 cm³/mol. The minimum absolute atomic E-state index is 0.0563. The second-order valence-corrected chi connectivity index (χ2v) is 6.91. The molecule has 1 heterocycles. The van der Waals surface area contributed by atoms with E-state index in [1.807, 2.05) is 0 Å². The van der Waals surface area contributed by atoms with Crippen molar-refractivity contribution in [2.45, 2.75) is 17.9 Å². The summed E-state index contributed by atoms with van der Waals surface area (Å²) in [6.07, 6.45) is -0.832. The summed E-state index contributed by atoms with van der Waals surface area (Å²) in [7, 11) is -3.90. The molecule has 0 spiro atoms. The van der Waals surface area contributed by atoms with Gasteiger partial charge in [0.05, 0.1) is 16.7 Å². The minimum atomic E-state index is -3.90. The van der Waals surface area contributed by atoms with Gasteiger partial charge in [0.25, 0.3) is 10.0 Å². The van der Waals surface area contributed by atoms with E-state index < -0.39 is 22.1 Å². The number of benzene rings is 1. The van der Waals surface area contributed by atoms with Gasteiger partial charge in [0.2, 0.25) is 0 Å². The molecule has 2 aromatic rings. The molecular weight excluding hydrogens is 314 g/mol. The lowest BCUT2D eigenvalue weighted by atomic mass is 10.1. The van der Waals surface area contributed by atoms with E-state index in [1.54, 1.807) is 18.2 Å². The highest BCUT2D eigenvalue weighted by molar-refractivity contribution is 7.92. The van der Waals surface area contributed by atoms with Crippen molar-refractivity contribution < 1.29 is 23.4 Å². The van der Waals surface area contributed by atoms with E-state index in [1.165, 1.54) is 18.4 Å². The van der Waals surface area contributed by atoms with Crippen LogP contribution in [0.1, 0.15) is 28.3 Å². The average Bonchev–Trinajstić information content (AvgIpc) is 2.89. The van der Waals surface area contributed by atoms with Gasteiger partial charge in [-0.3, -0.25) is 4.72 Å². The van der Waals surface area contributed by atoms with Crippen molar-refractivity contribution in [3.05, 3.63) is 46.2 Å². The first kappa shape index (κ1) is 15.5. The first-order chi connectivity index (χ1) is 9.81. The molecule has 2 rings (SSSR count). The van der Waals surface area contributed by atoms with Gasteiger partial charge in [-0.15, -0.1) is 11.3 Å². The molecule has 0 amide bonds. The van der Waals surface area contributed by atoms with Crippen LogP contribution in [0, 0.1) is 0 Å². The van der Waals surface area contributed by atoms with Gasteiger partial charge >= 0.3 is 5.97 Å². The summed E-state index contributed by atoms with van der Waals surface area (Å²) < 4.78 is 26.8. The number of rotatable bonds is 5. The highest BCUT2D eigenvalue weighted by atomic mass is 32.2. The van der Waals surface area contributed by atoms with E-state index in [0.717, 1.165) is 17.4 Å². The molecule has 0 bridgehead atoms. The zero-order chi connectivity index (χ0) is 15.6. The van der Waals surface area contributed by atoms with Crippen LogP contribution in [0.2, 0.25) is 0 Å². The summed E-state index contributed by atoms with van der Waals surface area (Å²) in [6.45, 7) is 1.53. The quantitative estimate of drug-likeness (QED) is 0.782. The summed E-state index contributed by atoms with van der Waals surface area (Å²) in [5.41, 5.74) is 0.699. The van der Waals surface area contributed by atoms with Crippen LogP contribution < -0.4 is 4.72 Å². The maximum absolute atomic E-state index is 12.2. The summed E-state index contributed by atoms with van der Waals surface area (Å²) in [5, 5.41) is 19.7. The standard InChI is InChI=1S/C13H13NO5S2/c1-8(15)10-4-2-3-5-11(10)14-21(18,19)9-6-12(13(16)17)20-7-9/h2-8,14-15H,1H3,(H,16,17). The fourth-order valence-electron chi connectivity index (χ4n) is 1.73. The van der Waals surface area contributed by atoms with Gasteiger partial charge in [-0.1, -0.05) is 18.2 Å². The number of thiophene rings is 1. The number of carboxylic acids is 1. The Balaban J connectivity index is 2.35. The van der Waals surface area contributed by atoms with Crippen molar-refractivity contribution in [3.63, 3.8) is 0 Å². The van der Waals surface area contributed by atoms with Gasteiger partial charge in [-0.2, -0.15) is 0 Å². The van der Waals surface area contributed by atoms with E-state index in [4.69, 9.17) is 5.11 Å². The molecule has 0 aliphatic carbocycles. The van der Waals surface area contributed by atoms with Crippen molar-refractivity contribution in [2.24, 2.45) is 0 Å². The Labute approximate surface area is 125 Å². The molecule has 1 aromatic heterocycles. The number of aliphatic hydroxyl groups is 1. The molecule has 1 unspecified atom stereocenters. The lowest BCUT2D eigenvalue weighted by molar-refractivity contribution is 0.0702. The number of nitrogens with one attached hydrogen (secondary N) is 1. The van der Waals surface area contributed by atoms with Crippen molar-refractivity contribution in [3.8, 4) is 0 Å². The SMILES string of the molecule is CC(O)c1ccccc1NS(=O)(=O)c1csc(C(=O)O)c1. The molecule has 0 saturated heterocycles. The number of aromatic carboxylic acids is 1. The van der Waals surface area contributed by atoms with Crippen LogP contribution in [0.15, 0.2) is 40.6 Å². The lowest BCUT2D eigenvalue weighted by Crippen LogP contribution is -2.14. The second kappa shape index (κ2) is 5.84. The summed E-state index contributed by atoms with van der Waals surface area (Å²) in [4.78, 5) is 10.6. The normalized spacial score (nSPS) is 12.9. The molecule has 21 heavy (non-hydrogen) atoms. The van der Waals surface area contributed by atoms with Crippen LogP contribution in [0.25, 0.3) is 0 Å². The van der Waals surface area contributed by atoms with Gasteiger partial charge in [0.15, 0.2) is 0 Å². The third-order valence-corrected chi connectivity index (χ3v) is 5.16. The maximum Gasteiger partial charge on any atom is 0.345 e. The Bertz CT molecular complexity index is 764. The number of aliphatic hydroxyl groups excluding tert-OH is 1. The molecule has 1 aromatic carbocycles. The number of sulfonamides is 1. The monoisotopic (exact) mass is 327 g/mol. The van der Waals surface area contributed by atoms with E-state index in [0.29, 0.717) is 5.56 Å². The van der Waals surface area contributed by atoms with E-state index in [2.05, 4.69) is 4.72 Å². The smallest absolute Gasteiger partial charge is 0.345 e. The Morgan fingerprint density at radius 3 is 2.57 bits per heavy atom. The fourth-order valence-corrected chi connectivity index (χ4v) is 3.93. The first-order valence-electron chi connectivity index (χ1n) is 5.93. The third-order valence-electron chi connectivity index (χ3n) is 2.75. The molecule has 0 radical (unpaired) electrons. The van der Waals surface area contributed by atoms with Crippen molar-refractivity contribution >= 4 is 33.0 Å². The molecule has 8 heteroatoms. The third kappa shape index (κ3) is 3.41. The highest BCUT2D eigenvalue weighted by Gasteiger charge is 2.20. The van der Waals surface area contributed by atoms with Crippen molar-refractivity contribution in [1.82, 2.24) is 0 Å². The molecule has 0 aliphatic rings. The molecule has 0 aliphatic heterocycles. The first-order valence-corrected chi connectivity index (χ1v) is 8.29. The topological polar surface area (TPSA) is 104 Å². The second-order valence-electron chi connectivity index (χ2n) is 4.32. The average molecular weight is 327 g/mol. The predicted octanol–water partition coefficient (Wildman–Crippen LogP) is 2.30. The van der Waals surface area contributed by atoms with Gasteiger partial charge in [-0.25, -0.2) is 13.2 Å². The Hall–Kier alpha value is -1.90. The summed E-state index contributed by atoms with van der Waals surface area (Å²) in [5.74, 6) is -1.18. The zero-order valence-corrected chi connectivity index (χ0v) is 12.6. The van der Waals surface area contributed by atoms with Gasteiger partial charge in [-0.05, 0) is 19.1 Å². The van der Waals surface area contributed by atoms with E-state index in [-0.39, 0.29) is 15.5 Å². The lowest BCUT2D eigenvalue weighted by Gasteiger charge is -2.13. The fraction of sp³-hybridized carbons (Fsp3) is 0.154. The zero-order valence-electron chi connectivity index (χ0n) is 11.0. The van der Waals surface area contributed by atoms with Gasteiger partial charge < -0.3 is 10.2 Å². The van der Waals surface area contributed by atoms with Crippen LogP contribution >= 0.6 is 11.3 Å². The molecular formula is C13H13NO5S2. The molecule has 3 N–H and O–H groups in total. The van der Waals surface area contributed by atoms with Crippen molar-refractivity contribution in [1.29, 1.82) is 0 Å². The molecule has 1 atom stereocenters. The number of hydrogen-bond donors (Lipinski definition) is 3. The molecule has 0 fully saturated rings. The summed E-state index contributed by atoms with van der Waals surface area (Å²) >= 11 is 0.837. The van der Waals surface area contributed by atoms with Crippen molar-refractivity contribution in [2.75, 3.05) is 4.72 Å². The van der Waals surface area contributed by atoms with Crippen LogP contribution in [0.5, 0.6) is 0 Å².